The van der Waals surface area contributed by atoms with Gasteiger partial charge in [-0.15, -0.1) is 0 Å². The summed E-state index contributed by atoms with van der Waals surface area (Å²) in [5.41, 5.74) is 2.78. The van der Waals surface area contributed by atoms with Gasteiger partial charge in [0.2, 0.25) is 0 Å². The Bertz CT molecular complexity index is 1030. The van der Waals surface area contributed by atoms with Crippen molar-refractivity contribution in [1.82, 2.24) is 4.98 Å². The van der Waals surface area contributed by atoms with Crippen LogP contribution < -0.4 is 5.43 Å². The molecule has 4 rings (SSSR count). The number of nitrogens with zero attached hydrogens (tertiary/aromatic N) is 1. The number of hydrogen-bond donors (Lipinski definition) is 0. The Hall–Kier alpha value is -2.88. The zero-order valence-electron chi connectivity index (χ0n) is 12.0. The molecule has 0 spiro atoms. The summed E-state index contributed by atoms with van der Waals surface area (Å²) in [6.45, 7) is 1.75. The standard InChI is InChI=1S/C18H13NO3/c1-11-9-14(20)13-7-8-15-17(18(13)21-11)19-16(22-15)10-12-5-3-2-4-6-12/h2-9H,10H2,1H3. The van der Waals surface area contributed by atoms with Crippen molar-refractivity contribution in [3.8, 4) is 0 Å². The first-order valence-corrected chi connectivity index (χ1v) is 7.07. The van der Waals surface area contributed by atoms with Crippen molar-refractivity contribution in [2.45, 2.75) is 13.3 Å². The van der Waals surface area contributed by atoms with E-state index in [1.165, 1.54) is 6.07 Å². The van der Waals surface area contributed by atoms with Gasteiger partial charge >= 0.3 is 0 Å². The number of fused-ring (bicyclic) bond motifs is 3. The maximum Gasteiger partial charge on any atom is 0.200 e. The minimum absolute atomic E-state index is 0.0618. The number of hydrogen-bond acceptors (Lipinski definition) is 4. The third kappa shape index (κ3) is 2.09. The summed E-state index contributed by atoms with van der Waals surface area (Å²) in [6.07, 6.45) is 0.604. The van der Waals surface area contributed by atoms with E-state index < -0.39 is 0 Å². The van der Waals surface area contributed by atoms with Crippen LogP contribution in [0.3, 0.4) is 0 Å². The lowest BCUT2D eigenvalue weighted by molar-refractivity contribution is 0.544. The number of benzene rings is 2. The molecule has 0 aliphatic rings. The fourth-order valence-electron chi connectivity index (χ4n) is 2.61. The molecule has 0 aliphatic carbocycles. The minimum Gasteiger partial charge on any atom is -0.459 e. The lowest BCUT2D eigenvalue weighted by Gasteiger charge is -1.97. The number of rotatable bonds is 2. The summed E-state index contributed by atoms with van der Waals surface area (Å²) in [5, 5.41) is 0.526. The number of oxazole rings is 1. The third-order valence-corrected chi connectivity index (χ3v) is 3.62. The fraction of sp³-hybridized carbons (Fsp3) is 0.111. The second kappa shape index (κ2) is 4.84. The van der Waals surface area contributed by atoms with Gasteiger partial charge in [-0.05, 0) is 24.6 Å². The van der Waals surface area contributed by atoms with Crippen LogP contribution in [-0.2, 0) is 6.42 Å². The molecule has 0 N–H and O–H groups in total. The molecular weight excluding hydrogens is 278 g/mol. The van der Waals surface area contributed by atoms with E-state index in [-0.39, 0.29) is 5.43 Å². The molecule has 2 aromatic carbocycles. The van der Waals surface area contributed by atoms with Crippen molar-refractivity contribution in [2.24, 2.45) is 0 Å². The molecular formula is C18H13NO3. The van der Waals surface area contributed by atoms with Crippen LogP contribution >= 0.6 is 0 Å². The third-order valence-electron chi connectivity index (χ3n) is 3.62. The highest BCUT2D eigenvalue weighted by atomic mass is 16.4. The van der Waals surface area contributed by atoms with E-state index in [0.29, 0.717) is 40.1 Å². The molecule has 4 aromatic rings. The molecule has 2 aromatic heterocycles. The van der Waals surface area contributed by atoms with E-state index in [2.05, 4.69) is 4.98 Å². The largest absolute Gasteiger partial charge is 0.459 e. The highest BCUT2D eigenvalue weighted by Gasteiger charge is 2.13. The van der Waals surface area contributed by atoms with Crippen molar-refractivity contribution in [2.75, 3.05) is 0 Å². The van der Waals surface area contributed by atoms with Gasteiger partial charge in [-0.2, -0.15) is 0 Å². The van der Waals surface area contributed by atoms with Gasteiger partial charge in [0.1, 0.15) is 5.76 Å². The van der Waals surface area contributed by atoms with Crippen LogP contribution in [0.1, 0.15) is 17.2 Å². The number of aromatic nitrogens is 1. The average Bonchev–Trinajstić information content (AvgIpc) is 2.91. The van der Waals surface area contributed by atoms with Crippen molar-refractivity contribution >= 4 is 22.1 Å². The fourth-order valence-corrected chi connectivity index (χ4v) is 2.61. The summed E-state index contributed by atoms with van der Waals surface area (Å²) >= 11 is 0. The molecule has 0 amide bonds. The van der Waals surface area contributed by atoms with Crippen molar-refractivity contribution < 1.29 is 8.83 Å². The second-order valence-corrected chi connectivity index (χ2v) is 5.28. The van der Waals surface area contributed by atoms with Crippen molar-refractivity contribution in [3.63, 3.8) is 0 Å². The molecule has 0 saturated carbocycles. The highest BCUT2D eigenvalue weighted by Crippen LogP contribution is 2.25. The van der Waals surface area contributed by atoms with Gasteiger partial charge in [0.25, 0.3) is 0 Å². The van der Waals surface area contributed by atoms with E-state index >= 15 is 0 Å². The van der Waals surface area contributed by atoms with Gasteiger partial charge in [0, 0.05) is 12.5 Å². The van der Waals surface area contributed by atoms with E-state index in [1.54, 1.807) is 19.1 Å². The molecule has 4 heteroatoms. The minimum atomic E-state index is -0.0618. The molecule has 0 saturated heterocycles. The first-order chi connectivity index (χ1) is 10.7. The van der Waals surface area contributed by atoms with E-state index in [0.717, 1.165) is 5.56 Å². The monoisotopic (exact) mass is 291 g/mol. The van der Waals surface area contributed by atoms with Crippen LogP contribution in [0.25, 0.3) is 22.1 Å². The second-order valence-electron chi connectivity index (χ2n) is 5.28. The van der Waals surface area contributed by atoms with Gasteiger partial charge < -0.3 is 8.83 Å². The van der Waals surface area contributed by atoms with Crippen molar-refractivity contribution in [1.29, 1.82) is 0 Å². The molecule has 0 fully saturated rings. The summed E-state index contributed by atoms with van der Waals surface area (Å²) in [6, 6.07) is 15.0. The smallest absolute Gasteiger partial charge is 0.200 e. The average molecular weight is 291 g/mol. The Morgan fingerprint density at radius 1 is 1.05 bits per heavy atom. The first kappa shape index (κ1) is 12.8. The Kier molecular flexibility index (Phi) is 2.82. The maximum absolute atomic E-state index is 12.0. The predicted octanol–water partition coefficient (Wildman–Crippen LogP) is 3.83. The van der Waals surface area contributed by atoms with Crippen LogP contribution in [0.2, 0.25) is 0 Å². The van der Waals surface area contributed by atoms with Gasteiger partial charge in [-0.3, -0.25) is 4.79 Å². The molecule has 0 bridgehead atoms. The lowest BCUT2D eigenvalue weighted by Crippen LogP contribution is -2.00. The molecule has 0 aliphatic heterocycles. The van der Waals surface area contributed by atoms with Crippen LogP contribution in [0.5, 0.6) is 0 Å². The molecule has 0 atom stereocenters. The topological polar surface area (TPSA) is 56.2 Å². The quantitative estimate of drug-likeness (QED) is 0.563. The van der Waals surface area contributed by atoms with Gasteiger partial charge in [0.05, 0.1) is 5.39 Å². The summed E-state index contributed by atoms with van der Waals surface area (Å²) in [5.74, 6) is 1.18. The van der Waals surface area contributed by atoms with Gasteiger partial charge in [-0.1, -0.05) is 30.3 Å². The molecule has 2 heterocycles. The summed E-state index contributed by atoms with van der Waals surface area (Å²) in [7, 11) is 0. The Balaban J connectivity index is 1.90. The Morgan fingerprint density at radius 2 is 1.86 bits per heavy atom. The highest BCUT2D eigenvalue weighted by molar-refractivity contribution is 5.99. The zero-order chi connectivity index (χ0) is 15.1. The van der Waals surface area contributed by atoms with Crippen LogP contribution in [-0.4, -0.2) is 4.98 Å². The predicted molar refractivity (Wildman–Crippen MR) is 84.0 cm³/mol. The molecule has 4 nitrogen and oxygen atoms in total. The van der Waals surface area contributed by atoms with Gasteiger partial charge in [0.15, 0.2) is 28.0 Å². The Labute approximate surface area is 126 Å². The van der Waals surface area contributed by atoms with E-state index in [9.17, 15) is 4.79 Å². The summed E-state index contributed by atoms with van der Waals surface area (Å²) in [4.78, 5) is 16.5. The Morgan fingerprint density at radius 3 is 2.68 bits per heavy atom. The molecule has 0 radical (unpaired) electrons. The SMILES string of the molecule is Cc1cc(=O)c2ccc3oc(Cc4ccccc4)nc3c2o1. The molecule has 108 valence electrons. The van der Waals surface area contributed by atoms with E-state index in [1.807, 2.05) is 30.3 Å². The molecule has 0 unspecified atom stereocenters. The number of aryl methyl sites for hydroxylation is 1. The van der Waals surface area contributed by atoms with Gasteiger partial charge in [-0.25, -0.2) is 4.98 Å². The zero-order valence-corrected chi connectivity index (χ0v) is 12.0. The lowest BCUT2D eigenvalue weighted by atomic mass is 10.1. The maximum atomic E-state index is 12.0. The van der Waals surface area contributed by atoms with Crippen LogP contribution in [0, 0.1) is 6.92 Å². The first-order valence-electron chi connectivity index (χ1n) is 7.07. The normalized spacial score (nSPS) is 11.3. The van der Waals surface area contributed by atoms with Crippen LogP contribution in [0.4, 0.5) is 0 Å². The van der Waals surface area contributed by atoms with Crippen molar-refractivity contribution in [3.05, 3.63) is 76.0 Å². The van der Waals surface area contributed by atoms with E-state index in [4.69, 9.17) is 8.83 Å². The molecule has 22 heavy (non-hydrogen) atoms. The van der Waals surface area contributed by atoms with Crippen LogP contribution in [0.15, 0.2) is 62.2 Å². The summed E-state index contributed by atoms with van der Waals surface area (Å²) < 4.78 is 11.5.